The van der Waals surface area contributed by atoms with Gasteiger partial charge in [-0.05, 0) is 42.5 Å². The molecule has 0 aliphatic heterocycles. The molecule has 3 heteroatoms. The Morgan fingerprint density at radius 1 is 1.11 bits per heavy atom. The highest BCUT2D eigenvalue weighted by Gasteiger charge is 2.17. The first-order chi connectivity index (χ1) is 9.15. The van der Waals surface area contributed by atoms with Crippen LogP contribution in [0.2, 0.25) is 0 Å². The first-order valence-electron chi connectivity index (χ1n) is 7.34. The fourth-order valence-electron chi connectivity index (χ4n) is 3.09. The zero-order valence-electron chi connectivity index (χ0n) is 11.4. The van der Waals surface area contributed by atoms with E-state index in [2.05, 4.69) is 0 Å². The smallest absolute Gasteiger partial charge is 0.126 e. The van der Waals surface area contributed by atoms with Crippen LogP contribution in [-0.2, 0) is 6.42 Å². The summed E-state index contributed by atoms with van der Waals surface area (Å²) in [5.74, 6) is -0.0788. The third-order valence-corrected chi connectivity index (χ3v) is 4.10. The number of nitrogens with two attached hydrogens (primary N) is 1. The van der Waals surface area contributed by atoms with E-state index in [4.69, 9.17) is 5.73 Å². The summed E-state index contributed by atoms with van der Waals surface area (Å²) in [5, 5.41) is 0. The van der Waals surface area contributed by atoms with Crippen molar-refractivity contribution in [2.45, 2.75) is 57.4 Å². The van der Waals surface area contributed by atoms with Crippen LogP contribution in [0.15, 0.2) is 18.2 Å². The Morgan fingerprint density at radius 3 is 2.47 bits per heavy atom. The van der Waals surface area contributed by atoms with Crippen molar-refractivity contribution in [2.75, 3.05) is 0 Å². The number of halogens is 2. The van der Waals surface area contributed by atoms with Crippen LogP contribution in [0, 0.1) is 17.6 Å². The maximum absolute atomic E-state index is 13.6. The molecule has 1 aromatic rings. The summed E-state index contributed by atoms with van der Waals surface area (Å²) >= 11 is 0. The van der Waals surface area contributed by atoms with E-state index < -0.39 is 5.82 Å². The molecule has 1 nitrogen and oxygen atoms in total. The molecule has 0 radical (unpaired) electrons. The first-order valence-corrected chi connectivity index (χ1v) is 7.34. The highest BCUT2D eigenvalue weighted by atomic mass is 19.1. The molecule has 1 aliphatic rings. The lowest BCUT2D eigenvalue weighted by molar-refractivity contribution is 0.385. The van der Waals surface area contributed by atoms with Crippen molar-refractivity contribution in [3.05, 3.63) is 35.4 Å². The monoisotopic (exact) mass is 267 g/mol. The second-order valence-corrected chi connectivity index (χ2v) is 5.79. The molecule has 1 aliphatic carbocycles. The Kier molecular flexibility index (Phi) is 5.32. The molecule has 1 aromatic carbocycles. The van der Waals surface area contributed by atoms with Gasteiger partial charge in [-0.2, -0.15) is 0 Å². The van der Waals surface area contributed by atoms with Crippen molar-refractivity contribution in [1.82, 2.24) is 0 Å². The lowest BCUT2D eigenvalue weighted by Gasteiger charge is -2.19. The molecular weight excluding hydrogens is 244 g/mol. The van der Waals surface area contributed by atoms with Crippen molar-refractivity contribution < 1.29 is 8.78 Å². The summed E-state index contributed by atoms with van der Waals surface area (Å²) in [4.78, 5) is 0. The molecule has 1 atom stereocenters. The summed E-state index contributed by atoms with van der Waals surface area (Å²) in [5.41, 5.74) is 6.52. The fraction of sp³-hybridized carbons (Fsp3) is 0.625. The van der Waals surface area contributed by atoms with E-state index in [1.807, 2.05) is 0 Å². The average molecular weight is 267 g/mol. The van der Waals surface area contributed by atoms with Gasteiger partial charge in [0.15, 0.2) is 0 Å². The van der Waals surface area contributed by atoms with E-state index in [1.165, 1.54) is 50.7 Å². The molecule has 0 bridgehead atoms. The van der Waals surface area contributed by atoms with Gasteiger partial charge >= 0.3 is 0 Å². The molecule has 1 unspecified atom stereocenters. The van der Waals surface area contributed by atoms with E-state index in [-0.39, 0.29) is 11.9 Å². The van der Waals surface area contributed by atoms with Crippen LogP contribution in [0.3, 0.4) is 0 Å². The minimum atomic E-state index is -0.391. The first kappa shape index (κ1) is 14.4. The topological polar surface area (TPSA) is 26.0 Å². The van der Waals surface area contributed by atoms with Gasteiger partial charge in [0, 0.05) is 6.04 Å². The van der Waals surface area contributed by atoms with Crippen LogP contribution in [0.25, 0.3) is 0 Å². The van der Waals surface area contributed by atoms with Gasteiger partial charge in [-0.25, -0.2) is 8.78 Å². The van der Waals surface area contributed by atoms with Crippen LogP contribution >= 0.6 is 0 Å². The predicted molar refractivity (Wildman–Crippen MR) is 73.8 cm³/mol. The van der Waals surface area contributed by atoms with Gasteiger partial charge in [0.25, 0.3) is 0 Å². The largest absolute Gasteiger partial charge is 0.327 e. The van der Waals surface area contributed by atoms with Gasteiger partial charge in [-0.3, -0.25) is 0 Å². The van der Waals surface area contributed by atoms with Crippen molar-refractivity contribution in [1.29, 1.82) is 0 Å². The molecule has 0 saturated heterocycles. The number of hydrogen-bond donors (Lipinski definition) is 1. The number of rotatable bonds is 4. The van der Waals surface area contributed by atoms with Crippen LogP contribution in [-0.4, -0.2) is 6.04 Å². The van der Waals surface area contributed by atoms with Crippen LogP contribution in [0.4, 0.5) is 8.78 Å². The third-order valence-electron chi connectivity index (χ3n) is 4.10. The summed E-state index contributed by atoms with van der Waals surface area (Å²) in [6.07, 6.45) is 9.04. The standard InChI is InChI=1S/C16H23F2N/c17-14-7-8-16(18)13(10-14)11-15(19)9-12-5-3-1-2-4-6-12/h7-8,10,12,15H,1-6,9,11,19H2. The Hall–Kier alpha value is -0.960. The maximum atomic E-state index is 13.6. The minimum Gasteiger partial charge on any atom is -0.327 e. The Labute approximate surface area is 114 Å². The Morgan fingerprint density at radius 2 is 1.79 bits per heavy atom. The van der Waals surface area contributed by atoms with Crippen molar-refractivity contribution in [3.8, 4) is 0 Å². The summed E-state index contributed by atoms with van der Waals surface area (Å²) in [7, 11) is 0. The number of benzene rings is 1. The third kappa shape index (κ3) is 4.57. The van der Waals surface area contributed by atoms with E-state index in [9.17, 15) is 8.78 Å². The van der Waals surface area contributed by atoms with Crippen molar-refractivity contribution in [3.63, 3.8) is 0 Å². The summed E-state index contributed by atoms with van der Waals surface area (Å²) < 4.78 is 26.7. The van der Waals surface area contributed by atoms with E-state index >= 15 is 0 Å². The predicted octanol–water partition coefficient (Wildman–Crippen LogP) is 4.20. The van der Waals surface area contributed by atoms with Crippen LogP contribution in [0.5, 0.6) is 0 Å². The molecule has 0 heterocycles. The zero-order chi connectivity index (χ0) is 13.7. The SMILES string of the molecule is NC(Cc1cc(F)ccc1F)CC1CCCCCC1. The highest BCUT2D eigenvalue weighted by molar-refractivity contribution is 5.19. The zero-order valence-corrected chi connectivity index (χ0v) is 11.4. The molecule has 2 rings (SSSR count). The molecule has 0 aromatic heterocycles. The van der Waals surface area contributed by atoms with E-state index in [0.717, 1.165) is 12.5 Å². The molecule has 1 fully saturated rings. The van der Waals surface area contributed by atoms with Crippen molar-refractivity contribution in [2.24, 2.45) is 11.7 Å². The molecule has 1 saturated carbocycles. The molecule has 2 N–H and O–H groups in total. The lowest BCUT2D eigenvalue weighted by Crippen LogP contribution is -2.26. The Bertz CT molecular complexity index is 398. The van der Waals surface area contributed by atoms with Crippen LogP contribution < -0.4 is 5.73 Å². The van der Waals surface area contributed by atoms with Gasteiger partial charge in [0.05, 0.1) is 0 Å². The normalized spacial score (nSPS) is 19.1. The van der Waals surface area contributed by atoms with E-state index in [1.54, 1.807) is 0 Å². The second-order valence-electron chi connectivity index (χ2n) is 5.79. The highest BCUT2D eigenvalue weighted by Crippen LogP contribution is 2.27. The quantitative estimate of drug-likeness (QED) is 0.813. The van der Waals surface area contributed by atoms with Gasteiger partial charge in [0.1, 0.15) is 11.6 Å². The van der Waals surface area contributed by atoms with Crippen LogP contribution in [0.1, 0.15) is 50.5 Å². The fourth-order valence-corrected chi connectivity index (χ4v) is 3.09. The molecule has 19 heavy (non-hydrogen) atoms. The lowest BCUT2D eigenvalue weighted by atomic mass is 9.90. The molecule has 0 spiro atoms. The minimum absolute atomic E-state index is 0.0700. The number of hydrogen-bond acceptors (Lipinski definition) is 1. The van der Waals surface area contributed by atoms with E-state index in [0.29, 0.717) is 17.9 Å². The van der Waals surface area contributed by atoms with Gasteiger partial charge in [0.2, 0.25) is 0 Å². The van der Waals surface area contributed by atoms with Gasteiger partial charge in [-0.1, -0.05) is 38.5 Å². The van der Waals surface area contributed by atoms with Crippen molar-refractivity contribution >= 4 is 0 Å². The molecular formula is C16H23F2N. The Balaban J connectivity index is 1.89. The molecule has 0 amide bonds. The summed E-state index contributed by atoms with van der Waals surface area (Å²) in [6, 6.07) is 3.53. The van der Waals surface area contributed by atoms with Gasteiger partial charge in [-0.15, -0.1) is 0 Å². The molecule has 106 valence electrons. The summed E-state index contributed by atoms with van der Waals surface area (Å²) in [6.45, 7) is 0. The average Bonchev–Trinajstić information content (AvgIpc) is 2.62. The maximum Gasteiger partial charge on any atom is 0.126 e. The van der Waals surface area contributed by atoms with Gasteiger partial charge < -0.3 is 5.73 Å². The second kappa shape index (κ2) is 6.99.